The molecule has 0 atom stereocenters. The first-order valence-corrected chi connectivity index (χ1v) is 5.40. The zero-order valence-corrected chi connectivity index (χ0v) is 8.33. The second-order valence-corrected chi connectivity index (χ2v) is 3.95. The van der Waals surface area contributed by atoms with Crippen LogP contribution in [-0.2, 0) is 4.79 Å². The van der Waals surface area contributed by atoms with Crippen molar-refractivity contribution in [3.63, 3.8) is 0 Å². The van der Waals surface area contributed by atoms with Crippen molar-refractivity contribution in [3.05, 3.63) is 0 Å². The maximum Gasteiger partial charge on any atom is 0.304 e. The number of carboxylic acid groups (broad SMARTS) is 1. The number of hydrogen-bond acceptors (Lipinski definition) is 4. The third-order valence-electron chi connectivity index (χ3n) is 0.849. The first-order valence-electron chi connectivity index (χ1n) is 3.43. The molecule has 0 unspecified atom stereocenters. The fourth-order valence-corrected chi connectivity index (χ4v) is 1.53. The van der Waals surface area contributed by atoms with E-state index < -0.39 is 5.97 Å². The van der Waals surface area contributed by atoms with Gasteiger partial charge in [0.05, 0.1) is 6.42 Å². The molecule has 0 aromatic carbocycles. The Balaban J connectivity index is 3.25. The molecule has 0 rings (SSSR count). The predicted octanol–water partition coefficient (Wildman–Crippen LogP) is 1.57. The highest BCUT2D eigenvalue weighted by Gasteiger charge is 2.02. The molecule has 0 aliphatic carbocycles. The number of carbonyl (C=O) groups is 2. The largest absolute Gasteiger partial charge is 0.481 e. The summed E-state index contributed by atoms with van der Waals surface area (Å²) in [5, 5.41) is 8.07. The Labute approximate surface area is 79.6 Å². The predicted molar refractivity (Wildman–Crippen MR) is 51.4 cm³/mol. The third kappa shape index (κ3) is 7.74. The van der Waals surface area contributed by atoms with Crippen LogP contribution in [-0.4, -0.2) is 27.8 Å². The van der Waals surface area contributed by atoms with Gasteiger partial charge in [0, 0.05) is 11.5 Å². The van der Waals surface area contributed by atoms with E-state index in [4.69, 9.17) is 5.11 Å². The number of carbonyl (C=O) groups excluding carboxylic acids is 1. The molecule has 0 spiro atoms. The lowest BCUT2D eigenvalue weighted by Crippen LogP contribution is -2.10. The van der Waals surface area contributed by atoms with Gasteiger partial charge in [-0.2, -0.15) is 0 Å². The molecule has 0 aromatic heterocycles. The number of nitrogens with one attached hydrogen (secondary N) is 1. The Bertz CT molecular complexity index is 163. The number of amides is 1. The Morgan fingerprint density at radius 1 is 1.50 bits per heavy atom. The molecule has 0 bridgehead atoms. The van der Waals surface area contributed by atoms with Gasteiger partial charge in [0.2, 0.25) is 0 Å². The van der Waals surface area contributed by atoms with Crippen LogP contribution >= 0.6 is 23.7 Å². The van der Waals surface area contributed by atoms with Gasteiger partial charge in [0.1, 0.15) is 0 Å². The number of hydrogen-bond donors (Lipinski definition) is 2. The highest BCUT2D eigenvalue weighted by Crippen LogP contribution is 2.06. The van der Waals surface area contributed by atoms with Gasteiger partial charge < -0.3 is 5.11 Å². The van der Waals surface area contributed by atoms with E-state index in [9.17, 15) is 9.59 Å². The summed E-state index contributed by atoms with van der Waals surface area (Å²) in [5.41, 5.74) is 0. The molecule has 0 heterocycles. The Hall–Kier alpha value is -0.360. The molecule has 0 aliphatic heterocycles. The van der Waals surface area contributed by atoms with Crippen LogP contribution in [0.2, 0.25) is 0 Å². The van der Waals surface area contributed by atoms with Crippen molar-refractivity contribution >= 4 is 34.9 Å². The lowest BCUT2D eigenvalue weighted by molar-refractivity contribution is -0.136. The maximum absolute atomic E-state index is 10.8. The van der Waals surface area contributed by atoms with Crippen LogP contribution in [0.5, 0.6) is 0 Å². The van der Waals surface area contributed by atoms with Crippen molar-refractivity contribution in [3.8, 4) is 0 Å². The average Bonchev–Trinajstić information content (AvgIpc) is 2.00. The minimum atomic E-state index is -0.876. The Kier molecular flexibility index (Phi) is 7.08. The Morgan fingerprint density at radius 2 is 2.17 bits per heavy atom. The van der Waals surface area contributed by atoms with Gasteiger partial charge in [-0.1, -0.05) is 30.6 Å². The summed E-state index contributed by atoms with van der Waals surface area (Å²) in [6, 6.07) is 0. The first kappa shape index (κ1) is 11.6. The van der Waals surface area contributed by atoms with E-state index >= 15 is 0 Å². The van der Waals surface area contributed by atoms with Crippen molar-refractivity contribution < 1.29 is 14.7 Å². The molecule has 0 aliphatic rings. The van der Waals surface area contributed by atoms with Gasteiger partial charge in [0.25, 0.3) is 5.24 Å². The summed E-state index contributed by atoms with van der Waals surface area (Å²) in [7, 11) is 0. The molecular weight excluding hydrogens is 198 g/mol. The topological polar surface area (TPSA) is 66.4 Å². The smallest absolute Gasteiger partial charge is 0.304 e. The monoisotopic (exact) mass is 209 g/mol. The highest BCUT2D eigenvalue weighted by molar-refractivity contribution is 8.15. The number of rotatable bonds is 5. The molecule has 0 aromatic rings. The molecular formula is C6H11NO3S2. The average molecular weight is 209 g/mol. The summed E-state index contributed by atoms with van der Waals surface area (Å²) in [6.45, 7) is 1.92. The zero-order chi connectivity index (χ0) is 9.40. The fraction of sp³-hybridized carbons (Fsp3) is 0.667. The fourth-order valence-electron chi connectivity index (χ4n) is 0.392. The standard InChI is InChI=1S/C6H11NO3S2/c1-2-12-7-6(10)11-4-3-5(8)9/h2-4H2,1H3,(H,7,10)(H,8,9). The summed E-state index contributed by atoms with van der Waals surface area (Å²) in [5.74, 6) is 0.259. The first-order chi connectivity index (χ1) is 5.66. The van der Waals surface area contributed by atoms with E-state index in [2.05, 4.69) is 4.72 Å². The molecule has 70 valence electrons. The van der Waals surface area contributed by atoms with Gasteiger partial charge in [-0.05, 0) is 0 Å². The molecule has 12 heavy (non-hydrogen) atoms. The Morgan fingerprint density at radius 3 is 2.67 bits per heavy atom. The van der Waals surface area contributed by atoms with Crippen molar-refractivity contribution in [2.24, 2.45) is 0 Å². The molecule has 0 fully saturated rings. The second-order valence-electron chi connectivity index (χ2n) is 1.81. The molecule has 2 N–H and O–H groups in total. The minimum Gasteiger partial charge on any atom is -0.481 e. The zero-order valence-electron chi connectivity index (χ0n) is 6.70. The molecule has 0 radical (unpaired) electrons. The lowest BCUT2D eigenvalue weighted by Gasteiger charge is -1.99. The summed E-state index contributed by atoms with van der Waals surface area (Å²) < 4.78 is 2.55. The van der Waals surface area contributed by atoms with Crippen molar-refractivity contribution in [2.75, 3.05) is 11.5 Å². The van der Waals surface area contributed by atoms with Crippen LogP contribution in [0.1, 0.15) is 13.3 Å². The number of carboxylic acids is 1. The van der Waals surface area contributed by atoms with Gasteiger partial charge in [0.15, 0.2) is 0 Å². The third-order valence-corrected chi connectivity index (χ3v) is 2.37. The van der Waals surface area contributed by atoms with Crippen LogP contribution in [0.15, 0.2) is 0 Å². The van der Waals surface area contributed by atoms with Crippen molar-refractivity contribution in [1.82, 2.24) is 4.72 Å². The normalized spacial score (nSPS) is 9.42. The summed E-state index contributed by atoms with van der Waals surface area (Å²) >= 11 is 2.30. The summed E-state index contributed by atoms with van der Waals surface area (Å²) in [4.78, 5) is 20.9. The second kappa shape index (κ2) is 7.30. The molecule has 4 nitrogen and oxygen atoms in total. The molecule has 6 heteroatoms. The van der Waals surface area contributed by atoms with E-state index in [1.807, 2.05) is 6.92 Å². The summed E-state index contributed by atoms with van der Waals surface area (Å²) in [6.07, 6.45) is 0.0227. The molecule has 1 amide bonds. The van der Waals surface area contributed by atoms with Crippen molar-refractivity contribution in [2.45, 2.75) is 13.3 Å². The van der Waals surface area contributed by atoms with E-state index in [1.54, 1.807) is 0 Å². The maximum atomic E-state index is 10.8. The van der Waals surface area contributed by atoms with Crippen LogP contribution in [0.3, 0.4) is 0 Å². The van der Waals surface area contributed by atoms with E-state index in [-0.39, 0.29) is 11.7 Å². The lowest BCUT2D eigenvalue weighted by atomic mass is 10.5. The number of thioether (sulfide) groups is 1. The number of aliphatic carboxylic acids is 1. The SMILES string of the molecule is CCSNC(=O)SCCC(=O)O. The van der Waals surface area contributed by atoms with E-state index in [0.29, 0.717) is 5.75 Å². The van der Waals surface area contributed by atoms with E-state index in [0.717, 1.165) is 17.5 Å². The molecule has 0 saturated heterocycles. The van der Waals surface area contributed by atoms with Crippen LogP contribution < -0.4 is 4.72 Å². The van der Waals surface area contributed by atoms with Crippen molar-refractivity contribution in [1.29, 1.82) is 0 Å². The van der Waals surface area contributed by atoms with E-state index in [1.165, 1.54) is 11.9 Å². The highest BCUT2D eigenvalue weighted by atomic mass is 32.2. The van der Waals surface area contributed by atoms with Crippen LogP contribution in [0.4, 0.5) is 4.79 Å². The van der Waals surface area contributed by atoms with Gasteiger partial charge in [-0.15, -0.1) is 0 Å². The van der Waals surface area contributed by atoms with Crippen LogP contribution in [0, 0.1) is 0 Å². The van der Waals surface area contributed by atoms with Gasteiger partial charge in [-0.25, -0.2) is 0 Å². The van der Waals surface area contributed by atoms with Gasteiger partial charge >= 0.3 is 5.97 Å². The minimum absolute atomic E-state index is 0.0227. The van der Waals surface area contributed by atoms with Gasteiger partial charge in [-0.3, -0.25) is 14.3 Å². The molecule has 0 saturated carbocycles. The van der Waals surface area contributed by atoms with Crippen LogP contribution in [0.25, 0.3) is 0 Å². The quantitative estimate of drug-likeness (QED) is 0.673.